The molecule has 0 aromatic heterocycles. The van der Waals surface area contributed by atoms with Gasteiger partial charge in [-0.1, -0.05) is 19.8 Å². The average Bonchev–Trinajstić information content (AvgIpc) is 1.81. The maximum absolute atomic E-state index is 7.85. The lowest BCUT2D eigenvalue weighted by Gasteiger charge is -1.93. The molecule has 0 saturated carbocycles. The Hall–Kier alpha value is -0.0800. The monoisotopic (exact) mass is 117 g/mol. The van der Waals surface area contributed by atoms with Gasteiger partial charge in [0.25, 0.3) is 0 Å². The van der Waals surface area contributed by atoms with Gasteiger partial charge in [0.1, 0.15) is 0 Å². The Kier molecular flexibility index (Phi) is 6.85. The fourth-order valence-electron chi connectivity index (χ4n) is 0.484. The van der Waals surface area contributed by atoms with E-state index in [-0.39, 0.29) is 0 Å². The van der Waals surface area contributed by atoms with Crippen molar-refractivity contribution >= 4 is 0 Å². The van der Waals surface area contributed by atoms with Crippen LogP contribution in [0.3, 0.4) is 0 Å². The number of unbranched alkanes of at least 4 members (excludes halogenated alkanes) is 3. The van der Waals surface area contributed by atoms with Crippen LogP contribution in [0.15, 0.2) is 0 Å². The third-order valence-electron chi connectivity index (χ3n) is 0.906. The van der Waals surface area contributed by atoms with E-state index in [1.54, 1.807) is 0 Å². The van der Waals surface area contributed by atoms with Crippen LogP contribution >= 0.6 is 0 Å². The van der Waals surface area contributed by atoms with Gasteiger partial charge in [-0.05, 0) is 12.8 Å². The van der Waals surface area contributed by atoms with E-state index in [0.29, 0.717) is 6.61 Å². The van der Waals surface area contributed by atoms with Gasteiger partial charge >= 0.3 is 0 Å². The standard InChI is InChI=1S/C6H13O2/c1-2-3-4-5-6-8-7/h4,7H,2-3,5-6H2,1H3. The van der Waals surface area contributed by atoms with E-state index in [4.69, 9.17) is 5.26 Å². The smallest absolute Gasteiger partial charge is 0.0822 e. The quantitative estimate of drug-likeness (QED) is 0.338. The molecule has 1 radical (unpaired) electrons. The molecular formula is C6H13O2. The van der Waals surface area contributed by atoms with Crippen molar-refractivity contribution in [3.8, 4) is 0 Å². The lowest BCUT2D eigenvalue weighted by atomic mass is 10.2. The van der Waals surface area contributed by atoms with Gasteiger partial charge in [0.05, 0.1) is 6.61 Å². The van der Waals surface area contributed by atoms with Crippen molar-refractivity contribution in [1.29, 1.82) is 0 Å². The van der Waals surface area contributed by atoms with E-state index >= 15 is 0 Å². The summed E-state index contributed by atoms with van der Waals surface area (Å²) in [6.45, 7) is 2.55. The largest absolute Gasteiger partial charge is 0.252 e. The van der Waals surface area contributed by atoms with Crippen LogP contribution in [0.1, 0.15) is 26.2 Å². The van der Waals surface area contributed by atoms with Crippen LogP contribution in [0.25, 0.3) is 0 Å². The summed E-state index contributed by atoms with van der Waals surface area (Å²) in [5, 5.41) is 7.85. The molecule has 0 saturated heterocycles. The molecule has 49 valence electrons. The Bertz CT molecular complexity index is 31.5. The molecule has 0 aliphatic carbocycles. The summed E-state index contributed by atoms with van der Waals surface area (Å²) in [5.41, 5.74) is 0. The zero-order valence-corrected chi connectivity index (χ0v) is 5.26. The van der Waals surface area contributed by atoms with Crippen molar-refractivity contribution in [1.82, 2.24) is 0 Å². The molecule has 0 spiro atoms. The normalized spacial score (nSPS) is 9.75. The molecule has 0 unspecified atom stereocenters. The third kappa shape index (κ3) is 5.92. The van der Waals surface area contributed by atoms with Crippen LogP contribution in [0.4, 0.5) is 0 Å². The number of hydrogen-bond acceptors (Lipinski definition) is 2. The van der Waals surface area contributed by atoms with Gasteiger partial charge < -0.3 is 0 Å². The molecule has 0 rings (SSSR count). The summed E-state index contributed by atoms with van der Waals surface area (Å²) in [7, 11) is 0. The Morgan fingerprint density at radius 3 is 2.75 bits per heavy atom. The molecular weight excluding hydrogens is 104 g/mol. The van der Waals surface area contributed by atoms with Crippen LogP contribution in [-0.4, -0.2) is 11.9 Å². The van der Waals surface area contributed by atoms with E-state index < -0.39 is 0 Å². The molecule has 8 heavy (non-hydrogen) atoms. The van der Waals surface area contributed by atoms with E-state index in [1.807, 2.05) is 0 Å². The lowest BCUT2D eigenvalue weighted by Crippen LogP contribution is -1.88. The van der Waals surface area contributed by atoms with Gasteiger partial charge in [0.15, 0.2) is 0 Å². The first-order chi connectivity index (χ1) is 3.91. The lowest BCUT2D eigenvalue weighted by molar-refractivity contribution is -0.241. The SMILES string of the molecule is CCC[CH]CCOO. The van der Waals surface area contributed by atoms with Crippen molar-refractivity contribution in [3.05, 3.63) is 6.42 Å². The third-order valence-corrected chi connectivity index (χ3v) is 0.906. The van der Waals surface area contributed by atoms with Gasteiger partial charge in [0, 0.05) is 0 Å². The van der Waals surface area contributed by atoms with Crippen LogP contribution in [-0.2, 0) is 4.89 Å². The van der Waals surface area contributed by atoms with Crippen LogP contribution in [0.2, 0.25) is 0 Å². The minimum absolute atomic E-state index is 0.431. The summed E-state index contributed by atoms with van der Waals surface area (Å²) in [4.78, 5) is 3.86. The van der Waals surface area contributed by atoms with Crippen LogP contribution < -0.4 is 0 Å². The summed E-state index contributed by atoms with van der Waals surface area (Å²) < 4.78 is 0. The van der Waals surface area contributed by atoms with Gasteiger partial charge in [-0.3, -0.25) is 5.26 Å². The van der Waals surface area contributed by atoms with Gasteiger partial charge in [0.2, 0.25) is 0 Å². The highest BCUT2D eigenvalue weighted by Gasteiger charge is 1.85. The molecule has 2 heteroatoms. The maximum Gasteiger partial charge on any atom is 0.0822 e. The minimum Gasteiger partial charge on any atom is -0.252 e. The molecule has 0 bridgehead atoms. The highest BCUT2D eigenvalue weighted by Crippen LogP contribution is 1.95. The van der Waals surface area contributed by atoms with Crippen molar-refractivity contribution in [2.45, 2.75) is 26.2 Å². The molecule has 2 nitrogen and oxygen atoms in total. The first-order valence-corrected chi connectivity index (χ1v) is 2.99. The van der Waals surface area contributed by atoms with E-state index in [1.165, 1.54) is 6.42 Å². The van der Waals surface area contributed by atoms with Gasteiger partial charge in [-0.25, -0.2) is 4.89 Å². The molecule has 0 fully saturated rings. The van der Waals surface area contributed by atoms with Crippen LogP contribution in [0, 0.1) is 6.42 Å². The maximum atomic E-state index is 7.85. The molecule has 0 atom stereocenters. The van der Waals surface area contributed by atoms with Gasteiger partial charge in [-0.2, -0.15) is 0 Å². The second-order valence-corrected chi connectivity index (χ2v) is 1.70. The van der Waals surface area contributed by atoms with E-state index in [9.17, 15) is 0 Å². The summed E-state index contributed by atoms with van der Waals surface area (Å²) in [6, 6.07) is 0. The highest BCUT2D eigenvalue weighted by atomic mass is 17.1. The van der Waals surface area contributed by atoms with Crippen molar-refractivity contribution < 1.29 is 10.1 Å². The van der Waals surface area contributed by atoms with Gasteiger partial charge in [-0.15, -0.1) is 0 Å². The fourth-order valence-corrected chi connectivity index (χ4v) is 0.484. The second-order valence-electron chi connectivity index (χ2n) is 1.70. The minimum atomic E-state index is 0.431. The second kappa shape index (κ2) is 6.92. The average molecular weight is 117 g/mol. The molecule has 1 N–H and O–H groups in total. The number of hydrogen-bond donors (Lipinski definition) is 1. The van der Waals surface area contributed by atoms with Crippen LogP contribution in [0.5, 0.6) is 0 Å². The summed E-state index contributed by atoms with van der Waals surface area (Å²) in [6.07, 6.45) is 5.25. The summed E-state index contributed by atoms with van der Waals surface area (Å²) >= 11 is 0. The Balaban J connectivity index is 2.53. The zero-order chi connectivity index (χ0) is 6.24. The molecule has 0 aliphatic rings. The van der Waals surface area contributed by atoms with Crippen molar-refractivity contribution in [3.63, 3.8) is 0 Å². The van der Waals surface area contributed by atoms with E-state index in [0.717, 1.165) is 12.8 Å². The highest BCUT2D eigenvalue weighted by molar-refractivity contribution is 4.61. The topological polar surface area (TPSA) is 29.5 Å². The van der Waals surface area contributed by atoms with Crippen molar-refractivity contribution in [2.24, 2.45) is 0 Å². The molecule has 0 aliphatic heterocycles. The Labute approximate surface area is 50.4 Å². The van der Waals surface area contributed by atoms with E-state index in [2.05, 4.69) is 18.2 Å². The predicted octanol–water partition coefficient (Wildman–Crippen LogP) is 1.87. The molecule has 0 aromatic carbocycles. The van der Waals surface area contributed by atoms with Crippen molar-refractivity contribution in [2.75, 3.05) is 6.61 Å². The first-order valence-electron chi connectivity index (χ1n) is 2.99. The number of rotatable bonds is 5. The molecule has 0 heterocycles. The zero-order valence-electron chi connectivity index (χ0n) is 5.26. The Morgan fingerprint density at radius 2 is 2.25 bits per heavy atom. The first kappa shape index (κ1) is 7.92. The fraction of sp³-hybridized carbons (Fsp3) is 0.833. The molecule has 0 amide bonds. The summed E-state index contributed by atoms with van der Waals surface area (Å²) in [5.74, 6) is 0. The molecule has 0 aromatic rings. The Morgan fingerprint density at radius 1 is 1.50 bits per heavy atom. The predicted molar refractivity (Wildman–Crippen MR) is 32.4 cm³/mol.